The van der Waals surface area contributed by atoms with Crippen LogP contribution in [0.2, 0.25) is 0 Å². The molecule has 15 heavy (non-hydrogen) atoms. The zero-order valence-corrected chi connectivity index (χ0v) is 8.78. The molecule has 0 radical (unpaired) electrons. The molecule has 0 bridgehead atoms. The Hall–Kier alpha value is -1.55. The molecule has 1 amide bonds. The van der Waals surface area contributed by atoms with E-state index in [0.29, 0.717) is 5.69 Å². The molecule has 1 rings (SSSR count). The summed E-state index contributed by atoms with van der Waals surface area (Å²) in [5.74, 6) is -1.32. The van der Waals surface area contributed by atoms with Gasteiger partial charge in [-0.2, -0.15) is 0 Å². The van der Waals surface area contributed by atoms with Gasteiger partial charge in [0.2, 0.25) is 5.91 Å². The van der Waals surface area contributed by atoms with Crippen LogP contribution in [0.25, 0.3) is 0 Å². The van der Waals surface area contributed by atoms with Crippen LogP contribution in [0.4, 0.5) is 5.69 Å². The van der Waals surface area contributed by atoms with Crippen LogP contribution in [0.15, 0.2) is 24.3 Å². The Morgan fingerprint density at radius 2 is 1.87 bits per heavy atom. The van der Waals surface area contributed by atoms with Gasteiger partial charge in [0, 0.05) is 5.69 Å². The molecular formula is C10H10ClNO3. The zero-order valence-electron chi connectivity index (χ0n) is 8.03. The van der Waals surface area contributed by atoms with E-state index in [9.17, 15) is 9.59 Å². The van der Waals surface area contributed by atoms with Crippen LogP contribution in [0.5, 0.6) is 0 Å². The lowest BCUT2D eigenvalue weighted by atomic mass is 10.2. The number of carboxylic acid groups (broad SMARTS) is 1. The summed E-state index contributed by atoms with van der Waals surface area (Å²) < 4.78 is 0. The number of rotatable bonds is 3. The van der Waals surface area contributed by atoms with Crippen molar-refractivity contribution in [2.24, 2.45) is 0 Å². The van der Waals surface area contributed by atoms with Crippen molar-refractivity contribution < 1.29 is 14.7 Å². The minimum atomic E-state index is -1.00. The molecule has 0 aliphatic carbocycles. The van der Waals surface area contributed by atoms with Gasteiger partial charge in [-0.15, -0.1) is 11.6 Å². The lowest BCUT2D eigenvalue weighted by molar-refractivity contribution is -0.115. The van der Waals surface area contributed by atoms with E-state index in [0.717, 1.165) is 0 Å². The molecule has 0 spiro atoms. The molecule has 1 aromatic rings. The van der Waals surface area contributed by atoms with Crippen LogP contribution in [0, 0.1) is 0 Å². The number of benzene rings is 1. The topological polar surface area (TPSA) is 66.4 Å². The van der Waals surface area contributed by atoms with Gasteiger partial charge in [-0.1, -0.05) is 0 Å². The summed E-state index contributed by atoms with van der Waals surface area (Å²) in [6.07, 6.45) is 0. The molecule has 0 unspecified atom stereocenters. The molecule has 1 atom stereocenters. The average molecular weight is 228 g/mol. The van der Waals surface area contributed by atoms with Crippen molar-refractivity contribution in [3.05, 3.63) is 29.8 Å². The fourth-order valence-corrected chi connectivity index (χ4v) is 0.992. The Bertz CT molecular complexity index is 373. The first-order valence-corrected chi connectivity index (χ1v) is 4.72. The van der Waals surface area contributed by atoms with Gasteiger partial charge >= 0.3 is 5.97 Å². The number of carbonyl (C=O) groups excluding carboxylic acids is 1. The molecule has 0 aromatic heterocycles. The van der Waals surface area contributed by atoms with Crippen molar-refractivity contribution >= 4 is 29.2 Å². The molecule has 1 aromatic carbocycles. The van der Waals surface area contributed by atoms with E-state index >= 15 is 0 Å². The van der Waals surface area contributed by atoms with Crippen molar-refractivity contribution in [1.82, 2.24) is 0 Å². The quantitative estimate of drug-likeness (QED) is 0.776. The number of aromatic carboxylic acids is 1. The van der Waals surface area contributed by atoms with Gasteiger partial charge in [0.05, 0.1) is 5.56 Å². The Labute approximate surface area is 91.9 Å². The Morgan fingerprint density at radius 1 is 1.33 bits per heavy atom. The van der Waals surface area contributed by atoms with Gasteiger partial charge in [0.1, 0.15) is 5.38 Å². The molecule has 0 aliphatic rings. The highest BCUT2D eigenvalue weighted by Gasteiger charge is 2.09. The SMILES string of the molecule is C[C@H](Cl)C(=O)Nc1ccc(C(=O)O)cc1. The molecule has 0 aliphatic heterocycles. The summed E-state index contributed by atoms with van der Waals surface area (Å²) in [4.78, 5) is 21.7. The van der Waals surface area contributed by atoms with Gasteiger partial charge in [-0.05, 0) is 31.2 Å². The predicted octanol–water partition coefficient (Wildman–Crippen LogP) is 1.95. The third kappa shape index (κ3) is 3.25. The normalized spacial score (nSPS) is 11.9. The zero-order chi connectivity index (χ0) is 11.4. The van der Waals surface area contributed by atoms with Gasteiger partial charge < -0.3 is 10.4 Å². The molecular weight excluding hydrogens is 218 g/mol. The summed E-state index contributed by atoms with van der Waals surface area (Å²) >= 11 is 5.55. The molecule has 2 N–H and O–H groups in total. The van der Waals surface area contributed by atoms with Crippen molar-refractivity contribution in [2.75, 3.05) is 5.32 Å². The largest absolute Gasteiger partial charge is 0.478 e. The highest BCUT2D eigenvalue weighted by molar-refractivity contribution is 6.32. The van der Waals surface area contributed by atoms with E-state index < -0.39 is 11.3 Å². The summed E-state index contributed by atoms with van der Waals surface area (Å²) in [5, 5.41) is 10.6. The van der Waals surface area contributed by atoms with Crippen molar-refractivity contribution in [2.45, 2.75) is 12.3 Å². The van der Waals surface area contributed by atoms with Crippen molar-refractivity contribution in [3.63, 3.8) is 0 Å². The smallest absolute Gasteiger partial charge is 0.335 e. The first-order chi connectivity index (χ1) is 7.00. The van der Waals surface area contributed by atoms with Gasteiger partial charge in [0.15, 0.2) is 0 Å². The highest BCUT2D eigenvalue weighted by Crippen LogP contribution is 2.10. The summed E-state index contributed by atoms with van der Waals surface area (Å²) in [7, 11) is 0. The first-order valence-electron chi connectivity index (χ1n) is 4.29. The van der Waals surface area contributed by atoms with E-state index in [2.05, 4.69) is 5.32 Å². The number of hydrogen-bond acceptors (Lipinski definition) is 2. The number of alkyl halides is 1. The molecule has 0 saturated heterocycles. The number of halogens is 1. The van der Waals surface area contributed by atoms with Crippen LogP contribution in [-0.2, 0) is 4.79 Å². The second-order valence-corrected chi connectivity index (χ2v) is 3.64. The van der Waals surface area contributed by atoms with Crippen LogP contribution >= 0.6 is 11.6 Å². The maximum atomic E-state index is 11.2. The number of carboxylic acids is 1. The second kappa shape index (κ2) is 4.79. The fourth-order valence-electron chi connectivity index (χ4n) is 0.938. The lowest BCUT2D eigenvalue weighted by Gasteiger charge is -2.06. The summed E-state index contributed by atoms with van der Waals surface area (Å²) in [6.45, 7) is 1.56. The maximum Gasteiger partial charge on any atom is 0.335 e. The summed E-state index contributed by atoms with van der Waals surface area (Å²) in [6, 6.07) is 5.86. The second-order valence-electron chi connectivity index (χ2n) is 2.99. The number of amides is 1. The predicted molar refractivity (Wildman–Crippen MR) is 57.3 cm³/mol. The third-order valence-electron chi connectivity index (χ3n) is 1.76. The Balaban J connectivity index is 2.73. The van der Waals surface area contributed by atoms with E-state index in [4.69, 9.17) is 16.7 Å². The standard InChI is InChI=1S/C10H10ClNO3/c1-6(11)9(13)12-8-4-2-7(3-5-8)10(14)15/h2-6H,1H3,(H,12,13)(H,14,15)/t6-/m0/s1. The molecule has 5 heteroatoms. The average Bonchev–Trinajstić information content (AvgIpc) is 2.18. The van der Waals surface area contributed by atoms with Crippen LogP contribution in [0.3, 0.4) is 0 Å². The van der Waals surface area contributed by atoms with Gasteiger partial charge in [0.25, 0.3) is 0 Å². The molecule has 0 saturated carbocycles. The van der Waals surface area contributed by atoms with Crippen LogP contribution in [0.1, 0.15) is 17.3 Å². The number of hydrogen-bond donors (Lipinski definition) is 2. The lowest BCUT2D eigenvalue weighted by Crippen LogP contribution is -2.20. The highest BCUT2D eigenvalue weighted by atomic mass is 35.5. The van der Waals surface area contributed by atoms with Gasteiger partial charge in [-0.25, -0.2) is 4.79 Å². The fraction of sp³-hybridized carbons (Fsp3) is 0.200. The van der Waals surface area contributed by atoms with Gasteiger partial charge in [-0.3, -0.25) is 4.79 Å². The third-order valence-corrected chi connectivity index (χ3v) is 1.96. The van der Waals surface area contributed by atoms with Crippen molar-refractivity contribution in [3.8, 4) is 0 Å². The molecule has 0 fully saturated rings. The molecule has 0 heterocycles. The number of carbonyl (C=O) groups is 2. The maximum absolute atomic E-state index is 11.2. The number of nitrogens with one attached hydrogen (secondary N) is 1. The first kappa shape index (κ1) is 11.5. The monoisotopic (exact) mass is 227 g/mol. The van der Waals surface area contributed by atoms with Crippen molar-refractivity contribution in [1.29, 1.82) is 0 Å². The minimum absolute atomic E-state index is 0.173. The van der Waals surface area contributed by atoms with Crippen LogP contribution in [-0.4, -0.2) is 22.4 Å². The Morgan fingerprint density at radius 3 is 2.27 bits per heavy atom. The minimum Gasteiger partial charge on any atom is -0.478 e. The molecule has 80 valence electrons. The van der Waals surface area contributed by atoms with E-state index in [1.807, 2.05) is 0 Å². The van der Waals surface area contributed by atoms with E-state index in [-0.39, 0.29) is 11.5 Å². The van der Waals surface area contributed by atoms with E-state index in [1.165, 1.54) is 24.3 Å². The summed E-state index contributed by atoms with van der Waals surface area (Å²) in [5.41, 5.74) is 0.699. The van der Waals surface area contributed by atoms with E-state index in [1.54, 1.807) is 6.92 Å². The Kier molecular flexibility index (Phi) is 3.68. The van der Waals surface area contributed by atoms with Crippen LogP contribution < -0.4 is 5.32 Å². The molecule has 4 nitrogen and oxygen atoms in total. The number of anilines is 1.